The number of hydrogen-bond donors (Lipinski definition) is 3. The van der Waals surface area contributed by atoms with Crippen LogP contribution in [0.15, 0.2) is 148 Å². The number of rotatable bonds is 15. The maximum Gasteiger partial charge on any atom is 0.246 e. The van der Waals surface area contributed by atoms with Gasteiger partial charge in [-0.25, -0.2) is 48.3 Å². The van der Waals surface area contributed by atoms with Gasteiger partial charge in [0.1, 0.15) is 84.0 Å². The van der Waals surface area contributed by atoms with E-state index in [1.54, 1.807) is 43.8 Å². The van der Waals surface area contributed by atoms with Gasteiger partial charge in [0.15, 0.2) is 16.9 Å². The van der Waals surface area contributed by atoms with E-state index in [4.69, 9.17) is 76.8 Å². The van der Waals surface area contributed by atoms with Gasteiger partial charge in [0.2, 0.25) is 17.7 Å². The van der Waals surface area contributed by atoms with E-state index in [2.05, 4.69) is 59.6 Å². The Bertz CT molecular complexity index is 4930. The quantitative estimate of drug-likeness (QED) is 0.0803. The van der Waals surface area contributed by atoms with Crippen LogP contribution in [0.25, 0.3) is 66.9 Å². The van der Waals surface area contributed by atoms with Crippen LogP contribution >= 0.6 is 34.8 Å². The Hall–Kier alpha value is -11.0. The van der Waals surface area contributed by atoms with Gasteiger partial charge in [0.25, 0.3) is 0 Å². The molecule has 3 aliphatic rings. The van der Waals surface area contributed by atoms with Gasteiger partial charge in [-0.05, 0) is 143 Å². The number of nitrogens with zero attached hydrogens (tertiary/aromatic N) is 17. The molecule has 29 heteroatoms. The zero-order valence-corrected chi connectivity index (χ0v) is 57.0. The number of anilines is 3. The van der Waals surface area contributed by atoms with Crippen molar-refractivity contribution in [1.82, 2.24) is 83.9 Å². The predicted octanol–water partition coefficient (Wildman–Crippen LogP) is 11.9. The zero-order valence-electron chi connectivity index (χ0n) is 54.8. The van der Waals surface area contributed by atoms with Crippen LogP contribution in [-0.4, -0.2) is 141 Å². The van der Waals surface area contributed by atoms with Crippen LogP contribution < -0.4 is 26.7 Å². The molecule has 3 aromatic carbocycles. The van der Waals surface area contributed by atoms with Gasteiger partial charge in [0, 0.05) is 79.1 Å². The monoisotopic (exact) mass is 1410 g/mol. The molecule has 11 heterocycles. The number of ether oxygens (including phenoxy) is 2. The lowest BCUT2D eigenvalue weighted by molar-refractivity contribution is -0.128. The van der Waals surface area contributed by atoms with Crippen LogP contribution in [0, 0.1) is 19.7 Å². The molecule has 3 amide bonds. The highest BCUT2D eigenvalue weighted by molar-refractivity contribution is 6.33. The second-order valence-corrected chi connectivity index (χ2v) is 25.4. The molecule has 0 aliphatic carbocycles. The smallest absolute Gasteiger partial charge is 0.246 e. The van der Waals surface area contributed by atoms with Gasteiger partial charge < -0.3 is 41.4 Å². The number of carbonyl (C=O) groups excluding carboxylic acids is 3. The van der Waals surface area contributed by atoms with Gasteiger partial charge in [-0.2, -0.15) is 15.3 Å². The lowest BCUT2D eigenvalue weighted by Crippen LogP contribution is -2.40. The molecule has 100 heavy (non-hydrogen) atoms. The molecule has 0 unspecified atom stereocenters. The van der Waals surface area contributed by atoms with Crippen LogP contribution in [-0.2, 0) is 27.6 Å². The number of fused-ring (bicyclic) bond motifs is 3. The summed E-state index contributed by atoms with van der Waals surface area (Å²) in [6, 6.07) is 24.9. The van der Waals surface area contributed by atoms with Crippen molar-refractivity contribution in [2.24, 2.45) is 0 Å². The van der Waals surface area contributed by atoms with Crippen molar-refractivity contribution < 1.29 is 28.2 Å². The van der Waals surface area contributed by atoms with E-state index < -0.39 is 5.82 Å². The molecule has 3 aliphatic heterocycles. The largest absolute Gasteiger partial charge is 0.487 e. The number of piperidine rings is 3. The first-order valence-corrected chi connectivity index (χ1v) is 33.4. The van der Waals surface area contributed by atoms with Gasteiger partial charge >= 0.3 is 0 Å². The lowest BCUT2D eigenvalue weighted by Gasteiger charge is -2.32. The first-order chi connectivity index (χ1) is 48.4. The van der Waals surface area contributed by atoms with Crippen molar-refractivity contribution in [3.05, 3.63) is 192 Å². The number of carbonyl (C=O) groups is 3. The third kappa shape index (κ3) is 14.9. The molecule has 0 bridgehead atoms. The minimum atomic E-state index is -0.510. The van der Waals surface area contributed by atoms with Crippen LogP contribution in [0.1, 0.15) is 79.3 Å². The number of benzene rings is 3. The Kier molecular flexibility index (Phi) is 21.0. The van der Waals surface area contributed by atoms with Crippen LogP contribution in [0.2, 0.25) is 15.1 Å². The predicted molar refractivity (Wildman–Crippen MR) is 382 cm³/mol. The van der Waals surface area contributed by atoms with Crippen molar-refractivity contribution in [2.45, 2.75) is 83.7 Å². The average molecular weight is 1410 g/mol. The van der Waals surface area contributed by atoms with Crippen molar-refractivity contribution in [3.8, 4) is 45.3 Å². The molecule has 11 aromatic rings. The number of halogens is 4. The van der Waals surface area contributed by atoms with Crippen molar-refractivity contribution in [2.75, 3.05) is 56.5 Å². The third-order valence-electron chi connectivity index (χ3n) is 17.5. The van der Waals surface area contributed by atoms with Crippen LogP contribution in [0.3, 0.4) is 0 Å². The summed E-state index contributed by atoms with van der Waals surface area (Å²) in [4.78, 5) is 76.3. The molecule has 8 aromatic heterocycles. The minimum Gasteiger partial charge on any atom is -0.487 e. The van der Waals surface area contributed by atoms with Gasteiger partial charge in [-0.3, -0.25) is 24.4 Å². The first kappa shape index (κ1) is 69.0. The van der Waals surface area contributed by atoms with E-state index in [9.17, 15) is 18.8 Å². The average Bonchev–Trinajstić information content (AvgIpc) is 1.62. The Morgan fingerprint density at radius 1 is 0.520 bits per heavy atom. The number of nitrogens with two attached hydrogens (primary N) is 3. The number of hydrogen-bond acceptors (Lipinski definition) is 19. The Morgan fingerprint density at radius 3 is 1.31 bits per heavy atom. The van der Waals surface area contributed by atoms with Gasteiger partial charge in [-0.15, -0.1) is 0 Å². The third-order valence-corrected chi connectivity index (χ3v) is 18.4. The Morgan fingerprint density at radius 2 is 0.930 bits per heavy atom. The summed E-state index contributed by atoms with van der Waals surface area (Å²) in [6.45, 7) is 18.9. The molecule has 0 spiro atoms. The molecular weight excluding hydrogens is 1340 g/mol. The number of aromatic nitrogens is 14. The maximum absolute atomic E-state index is 13.6. The Balaban J connectivity index is 0.000000143. The fourth-order valence-corrected chi connectivity index (χ4v) is 13.2. The molecule has 3 saturated heterocycles. The number of pyridine rings is 2. The Labute approximate surface area is 589 Å². The summed E-state index contributed by atoms with van der Waals surface area (Å²) in [5.41, 5.74) is 28.1. The standard InChI is InChI=1S/2C26H26ClN7O2.C19H18ClFN6O/c1-3-22(35)33-11-5-8-19(13-33)34-26-23(25(28)29-15-30-26)24(32-34)17-9-10-21(20(27)12-17)36-14-18-7-4-6-16(2)31-18;1-3-22(35)33-10-4-5-19(13-33)34-26-23(25(28)30-15-31-26)24(32-34)18-8-9-21(20(27)11-18)36-14-17-7-6-16(2)29-12-17;1-2-15(28)26-7-3-4-12(9-26)27-19-16(18(22)23-10-24-19)17(25-27)11-5-6-14(21)13(20)8-11/h3-4,6-7,9-10,12,15,19H,1,5,8,11,13-14H2,2H3,(H2,28,29,30);3,6-9,11-12,15,19H,1,4-5,10,13-14H2,2H3,(H2,28,30,31);2,5-6,8,10,12H,1,3-4,7,9H2,(H2,22,23,24)/t2*19-;12-/m111/s1. The van der Waals surface area contributed by atoms with Gasteiger partial charge in [0.05, 0.1) is 55.0 Å². The molecule has 14 rings (SSSR count). The SMILES string of the molecule is C=CC(=O)N1CCC[C@@H](n2nc(-c3ccc(F)c(Cl)c3)c3c(N)ncnc32)C1.C=CC(=O)N1CCC[C@@H](n2nc(-c3ccc(OCc4ccc(C)nc4)c(Cl)c3)c3c(N)ncnc32)C1.C=CC(=O)N1CCC[C@@H](n2nc(-c3ccc(OCc4cccc(C)n4)c(Cl)c3)c3c(N)ncnc32)C1. The van der Waals surface area contributed by atoms with Crippen LogP contribution in [0.4, 0.5) is 21.8 Å². The van der Waals surface area contributed by atoms with E-state index >= 15 is 0 Å². The molecule has 0 radical (unpaired) electrons. The van der Waals surface area contributed by atoms with Crippen molar-refractivity contribution in [1.29, 1.82) is 0 Å². The van der Waals surface area contributed by atoms with E-state index in [1.807, 2.05) is 77.8 Å². The summed E-state index contributed by atoms with van der Waals surface area (Å²) in [5, 5.41) is 17.3. The summed E-state index contributed by atoms with van der Waals surface area (Å²) in [5.74, 6) is 1.24. The molecule has 0 saturated carbocycles. The number of likely N-dealkylation sites (tertiary alicyclic amines) is 3. The fraction of sp³-hybridized carbons (Fsp3) is 0.268. The number of aryl methyl sites for hydroxylation is 2. The molecule has 3 atom stereocenters. The minimum absolute atomic E-state index is 0.00366. The highest BCUT2D eigenvalue weighted by Gasteiger charge is 2.32. The van der Waals surface area contributed by atoms with Crippen molar-refractivity contribution >= 4 is 103 Å². The first-order valence-electron chi connectivity index (χ1n) is 32.2. The molecule has 512 valence electrons. The summed E-state index contributed by atoms with van der Waals surface area (Å²) in [7, 11) is 0. The highest BCUT2D eigenvalue weighted by atomic mass is 35.5. The molecule has 25 nitrogen and oxygen atoms in total. The molecule has 6 N–H and O–H groups in total. The number of amides is 3. The second kappa shape index (κ2) is 30.4. The summed E-state index contributed by atoms with van der Waals surface area (Å²) in [6.07, 6.45) is 15.1. The van der Waals surface area contributed by atoms with Gasteiger partial charge in [-0.1, -0.05) is 66.7 Å². The van der Waals surface area contributed by atoms with E-state index in [-0.39, 0.29) is 46.7 Å². The maximum atomic E-state index is 13.6. The fourth-order valence-electron chi connectivity index (χ4n) is 12.6. The molecular formula is C71H70Cl3FN20O5. The highest BCUT2D eigenvalue weighted by Crippen LogP contribution is 2.41. The van der Waals surface area contributed by atoms with Crippen molar-refractivity contribution in [3.63, 3.8) is 0 Å². The summed E-state index contributed by atoms with van der Waals surface area (Å²) < 4.78 is 30.9. The zero-order chi connectivity index (χ0) is 70.3. The van der Waals surface area contributed by atoms with E-state index in [0.29, 0.717) is 141 Å². The second-order valence-electron chi connectivity index (χ2n) is 24.2. The molecule has 3 fully saturated rings. The summed E-state index contributed by atoms with van der Waals surface area (Å²) >= 11 is 19.1. The lowest BCUT2D eigenvalue weighted by atomic mass is 10.1. The van der Waals surface area contributed by atoms with Crippen LogP contribution in [0.5, 0.6) is 11.5 Å². The van der Waals surface area contributed by atoms with E-state index in [1.165, 1.54) is 49.3 Å². The topological polar surface area (TPSA) is 314 Å². The number of nitrogen functional groups attached to an aromatic ring is 3. The normalized spacial score (nSPS) is 16.1. The van der Waals surface area contributed by atoms with E-state index in [0.717, 1.165) is 72.3 Å².